The van der Waals surface area contributed by atoms with Crippen molar-refractivity contribution in [2.45, 2.75) is 38.4 Å². The maximum Gasteiger partial charge on any atom is 0.115 e. The Labute approximate surface area is 61.4 Å². The van der Waals surface area contributed by atoms with E-state index in [-0.39, 0.29) is 0 Å². The van der Waals surface area contributed by atoms with Gasteiger partial charge in [-0.15, -0.1) is 0 Å². The van der Waals surface area contributed by atoms with E-state index in [9.17, 15) is 0 Å². The van der Waals surface area contributed by atoms with Crippen LogP contribution in [0.3, 0.4) is 0 Å². The second kappa shape index (κ2) is 3.50. The molecule has 0 N–H and O–H groups in total. The average molecular weight is 145 g/mol. The normalized spacial score (nSPS) is 35.3. The fourth-order valence-electron chi connectivity index (χ4n) is 1.49. The fourth-order valence-corrected chi connectivity index (χ4v) is 4.06. The van der Waals surface area contributed by atoms with Gasteiger partial charge in [0.05, 0.1) is 0 Å². The minimum absolute atomic E-state index is 0.828. The Morgan fingerprint density at radius 2 is 2.33 bits per heavy atom. The average Bonchev–Trinajstić information content (AvgIpc) is 2.18. The second-order valence-electron chi connectivity index (χ2n) is 2.90. The van der Waals surface area contributed by atoms with E-state index in [0.717, 1.165) is 16.1 Å². The van der Waals surface area contributed by atoms with E-state index in [1.807, 2.05) is 0 Å². The van der Waals surface area contributed by atoms with Gasteiger partial charge in [0, 0.05) is 0 Å². The summed E-state index contributed by atoms with van der Waals surface area (Å²) in [7, 11) is 0.828. The van der Waals surface area contributed by atoms with Gasteiger partial charge in [-0.1, -0.05) is 6.92 Å². The summed E-state index contributed by atoms with van der Waals surface area (Å²) in [4.78, 5) is 0. The van der Waals surface area contributed by atoms with Gasteiger partial charge in [-0.3, -0.25) is 0 Å². The standard InChI is InChI=1S/C8H17S/c1-3-6-9-7-4-5-8(9)2/h8H,3-7H2,1-2H3/q+1. The predicted octanol–water partition coefficient (Wildman–Crippen LogP) is 2.20. The largest absolute Gasteiger partial charge is 0.115 e. The lowest BCUT2D eigenvalue weighted by Crippen LogP contribution is -2.15. The van der Waals surface area contributed by atoms with Crippen LogP contribution in [0.25, 0.3) is 0 Å². The molecule has 0 saturated carbocycles. The summed E-state index contributed by atoms with van der Waals surface area (Å²) >= 11 is 0. The Balaban J connectivity index is 2.22. The topological polar surface area (TPSA) is 0 Å². The van der Waals surface area contributed by atoms with Gasteiger partial charge in [0.1, 0.15) is 16.8 Å². The molecule has 54 valence electrons. The van der Waals surface area contributed by atoms with Crippen LogP contribution >= 0.6 is 0 Å². The first-order valence-electron chi connectivity index (χ1n) is 4.01. The Morgan fingerprint density at radius 1 is 1.56 bits per heavy atom. The van der Waals surface area contributed by atoms with Crippen LogP contribution in [-0.2, 0) is 10.9 Å². The highest BCUT2D eigenvalue weighted by Gasteiger charge is 2.30. The molecule has 0 aromatic heterocycles. The second-order valence-corrected chi connectivity index (χ2v) is 5.59. The van der Waals surface area contributed by atoms with Crippen LogP contribution in [-0.4, -0.2) is 16.8 Å². The summed E-state index contributed by atoms with van der Waals surface area (Å²) in [5.74, 6) is 3.04. The van der Waals surface area contributed by atoms with E-state index < -0.39 is 0 Å². The van der Waals surface area contributed by atoms with Crippen molar-refractivity contribution >= 4 is 10.9 Å². The van der Waals surface area contributed by atoms with Crippen molar-refractivity contribution in [3.63, 3.8) is 0 Å². The lowest BCUT2D eigenvalue weighted by molar-refractivity contribution is 0.836. The van der Waals surface area contributed by atoms with Crippen molar-refractivity contribution in [3.8, 4) is 0 Å². The van der Waals surface area contributed by atoms with Gasteiger partial charge in [-0.2, -0.15) is 0 Å². The molecule has 2 unspecified atom stereocenters. The molecule has 0 bridgehead atoms. The zero-order valence-electron chi connectivity index (χ0n) is 6.52. The lowest BCUT2D eigenvalue weighted by Gasteiger charge is -2.03. The third-order valence-electron chi connectivity index (χ3n) is 2.05. The van der Waals surface area contributed by atoms with E-state index in [2.05, 4.69) is 13.8 Å². The summed E-state index contributed by atoms with van der Waals surface area (Å²) in [6, 6.07) is 0. The molecule has 2 atom stereocenters. The van der Waals surface area contributed by atoms with Crippen molar-refractivity contribution in [2.24, 2.45) is 0 Å². The van der Waals surface area contributed by atoms with Gasteiger partial charge in [0.25, 0.3) is 0 Å². The Morgan fingerprint density at radius 3 is 2.78 bits per heavy atom. The summed E-state index contributed by atoms with van der Waals surface area (Å²) < 4.78 is 0. The van der Waals surface area contributed by atoms with Crippen LogP contribution < -0.4 is 0 Å². The minimum atomic E-state index is 0.828. The molecule has 1 heterocycles. The van der Waals surface area contributed by atoms with Crippen molar-refractivity contribution < 1.29 is 0 Å². The van der Waals surface area contributed by atoms with Crippen LogP contribution in [0.2, 0.25) is 0 Å². The Bertz CT molecular complexity index is 80.6. The first-order chi connectivity index (χ1) is 4.34. The van der Waals surface area contributed by atoms with Crippen molar-refractivity contribution in [2.75, 3.05) is 11.5 Å². The molecule has 1 aliphatic rings. The first-order valence-corrected chi connectivity index (χ1v) is 5.63. The van der Waals surface area contributed by atoms with E-state index in [1.54, 1.807) is 0 Å². The third-order valence-corrected chi connectivity index (χ3v) is 5.17. The van der Waals surface area contributed by atoms with Crippen molar-refractivity contribution in [1.29, 1.82) is 0 Å². The quantitative estimate of drug-likeness (QED) is 0.523. The maximum absolute atomic E-state index is 2.42. The molecule has 0 radical (unpaired) electrons. The zero-order chi connectivity index (χ0) is 6.69. The van der Waals surface area contributed by atoms with Crippen LogP contribution in [0.5, 0.6) is 0 Å². The molecule has 0 nitrogen and oxygen atoms in total. The Kier molecular flexibility index (Phi) is 2.90. The fraction of sp³-hybridized carbons (Fsp3) is 1.00. The van der Waals surface area contributed by atoms with Crippen LogP contribution in [0.4, 0.5) is 0 Å². The minimum Gasteiger partial charge on any atom is -0.0609 e. The zero-order valence-corrected chi connectivity index (χ0v) is 7.34. The lowest BCUT2D eigenvalue weighted by atomic mass is 10.3. The molecule has 0 aromatic rings. The molecule has 0 spiro atoms. The molecular formula is C8H17S+. The molecule has 1 aliphatic heterocycles. The highest BCUT2D eigenvalue weighted by molar-refractivity contribution is 7.97. The molecule has 0 aliphatic carbocycles. The monoisotopic (exact) mass is 145 g/mol. The van der Waals surface area contributed by atoms with E-state index >= 15 is 0 Å². The van der Waals surface area contributed by atoms with Gasteiger partial charge < -0.3 is 0 Å². The van der Waals surface area contributed by atoms with E-state index in [0.29, 0.717) is 0 Å². The molecule has 1 heteroatoms. The maximum atomic E-state index is 2.42. The summed E-state index contributed by atoms with van der Waals surface area (Å²) in [6.45, 7) is 4.73. The number of hydrogen-bond acceptors (Lipinski definition) is 0. The molecule has 0 aromatic carbocycles. The van der Waals surface area contributed by atoms with Crippen LogP contribution in [0, 0.1) is 0 Å². The molecule has 9 heavy (non-hydrogen) atoms. The molecule has 0 amide bonds. The first kappa shape index (κ1) is 7.46. The smallest absolute Gasteiger partial charge is 0.0609 e. The van der Waals surface area contributed by atoms with E-state index in [1.165, 1.54) is 30.8 Å². The van der Waals surface area contributed by atoms with Crippen molar-refractivity contribution in [3.05, 3.63) is 0 Å². The highest BCUT2D eigenvalue weighted by atomic mass is 32.2. The molecular weight excluding hydrogens is 128 g/mol. The summed E-state index contributed by atoms with van der Waals surface area (Å²) in [5, 5.41) is 1.06. The third kappa shape index (κ3) is 1.89. The predicted molar refractivity (Wildman–Crippen MR) is 46.1 cm³/mol. The van der Waals surface area contributed by atoms with Gasteiger partial charge in [-0.05, 0) is 37.1 Å². The summed E-state index contributed by atoms with van der Waals surface area (Å²) in [6.07, 6.45) is 4.40. The number of rotatable bonds is 2. The molecule has 1 rings (SSSR count). The van der Waals surface area contributed by atoms with Gasteiger partial charge in [0.15, 0.2) is 0 Å². The highest BCUT2D eigenvalue weighted by Crippen LogP contribution is 2.22. The molecule has 1 saturated heterocycles. The van der Waals surface area contributed by atoms with Gasteiger partial charge >= 0.3 is 0 Å². The molecule has 1 fully saturated rings. The van der Waals surface area contributed by atoms with Crippen LogP contribution in [0.1, 0.15) is 33.1 Å². The van der Waals surface area contributed by atoms with Crippen LogP contribution in [0.15, 0.2) is 0 Å². The SMILES string of the molecule is CCC[S+]1CCCC1C. The van der Waals surface area contributed by atoms with E-state index in [4.69, 9.17) is 0 Å². The number of hydrogen-bond donors (Lipinski definition) is 0. The van der Waals surface area contributed by atoms with Gasteiger partial charge in [0.2, 0.25) is 0 Å². The Hall–Kier alpha value is 0.350. The van der Waals surface area contributed by atoms with Crippen molar-refractivity contribution in [1.82, 2.24) is 0 Å². The van der Waals surface area contributed by atoms with Gasteiger partial charge in [-0.25, -0.2) is 0 Å². The summed E-state index contributed by atoms with van der Waals surface area (Å²) in [5.41, 5.74) is 0.